The van der Waals surface area contributed by atoms with E-state index in [1.54, 1.807) is 6.08 Å². The van der Waals surface area contributed by atoms with Crippen LogP contribution in [0.1, 0.15) is 24.0 Å². The van der Waals surface area contributed by atoms with E-state index in [-0.39, 0.29) is 0 Å². The molecule has 1 N–H and O–H groups in total. The van der Waals surface area contributed by atoms with E-state index in [9.17, 15) is 9.59 Å². The molecule has 1 fully saturated rings. The predicted octanol–water partition coefficient (Wildman–Crippen LogP) is 1.95. The van der Waals surface area contributed by atoms with Crippen LogP contribution in [0.2, 0.25) is 0 Å². The van der Waals surface area contributed by atoms with Crippen LogP contribution in [-0.4, -0.2) is 34.8 Å². The van der Waals surface area contributed by atoms with E-state index in [0.29, 0.717) is 18.6 Å². The molecule has 0 saturated carbocycles. The number of carbonyl (C=O) groups excluding carboxylic acids is 1. The van der Waals surface area contributed by atoms with Crippen molar-refractivity contribution >= 4 is 17.8 Å². The highest BCUT2D eigenvalue weighted by Gasteiger charge is 2.15. The van der Waals surface area contributed by atoms with Crippen molar-refractivity contribution in [2.45, 2.75) is 19.4 Å². The summed E-state index contributed by atoms with van der Waals surface area (Å²) in [7, 11) is 0. The second-order valence-electron chi connectivity index (χ2n) is 4.73. The molecule has 1 aromatic carbocycles. The number of carbonyl (C=O) groups is 2. The van der Waals surface area contributed by atoms with Crippen LogP contribution in [0, 0.1) is 0 Å². The van der Waals surface area contributed by atoms with Crippen LogP contribution >= 0.6 is 0 Å². The molecular weight excluding hydrogens is 242 g/mol. The zero-order chi connectivity index (χ0) is 13.7. The van der Waals surface area contributed by atoms with Crippen LogP contribution < -0.4 is 0 Å². The average Bonchev–Trinajstić information content (AvgIpc) is 2.40. The Labute approximate surface area is 112 Å². The summed E-state index contributed by atoms with van der Waals surface area (Å²) in [4.78, 5) is 23.8. The summed E-state index contributed by atoms with van der Waals surface area (Å²) in [5.74, 6) is -0.590. The van der Waals surface area contributed by atoms with Crippen molar-refractivity contribution in [3.63, 3.8) is 0 Å². The Morgan fingerprint density at radius 3 is 2.42 bits per heavy atom. The number of likely N-dealkylation sites (tertiary alicyclic amines) is 1. The van der Waals surface area contributed by atoms with Crippen LogP contribution in [0.3, 0.4) is 0 Å². The second kappa shape index (κ2) is 6.29. The van der Waals surface area contributed by atoms with Gasteiger partial charge in [-0.3, -0.25) is 9.69 Å². The Hall–Kier alpha value is -1.94. The van der Waals surface area contributed by atoms with Gasteiger partial charge in [0.25, 0.3) is 0 Å². The van der Waals surface area contributed by atoms with Crippen molar-refractivity contribution in [2.24, 2.45) is 0 Å². The summed E-state index contributed by atoms with van der Waals surface area (Å²) in [6.45, 7) is 2.51. The van der Waals surface area contributed by atoms with E-state index in [1.165, 1.54) is 5.56 Å². The van der Waals surface area contributed by atoms with Gasteiger partial charge in [-0.2, -0.15) is 0 Å². The van der Waals surface area contributed by atoms with Gasteiger partial charge in [-0.25, -0.2) is 4.79 Å². The molecule has 2 rings (SSSR count). The van der Waals surface area contributed by atoms with E-state index in [1.807, 2.05) is 24.3 Å². The van der Waals surface area contributed by atoms with Crippen LogP contribution in [-0.2, 0) is 16.1 Å². The lowest BCUT2D eigenvalue weighted by atomic mass is 10.1. The number of carboxylic acid groups (broad SMARTS) is 1. The normalized spacial score (nSPS) is 16.9. The minimum Gasteiger partial charge on any atom is -0.478 e. The number of ketones is 1. The summed E-state index contributed by atoms with van der Waals surface area (Å²) in [6, 6.07) is 7.81. The van der Waals surface area contributed by atoms with Crippen molar-refractivity contribution < 1.29 is 14.7 Å². The van der Waals surface area contributed by atoms with Crippen LogP contribution in [0.4, 0.5) is 0 Å². The molecule has 0 aromatic heterocycles. The fourth-order valence-corrected chi connectivity index (χ4v) is 2.12. The smallest absolute Gasteiger partial charge is 0.328 e. The molecule has 100 valence electrons. The molecule has 0 spiro atoms. The Morgan fingerprint density at radius 2 is 1.84 bits per heavy atom. The number of Topliss-reactive ketones (excluding diaryl/α,β-unsaturated/α-hetero) is 1. The minimum atomic E-state index is -0.943. The maximum absolute atomic E-state index is 11.2. The number of rotatable bonds is 4. The summed E-state index contributed by atoms with van der Waals surface area (Å²) in [5, 5.41) is 8.55. The molecule has 0 unspecified atom stereocenters. The fraction of sp³-hybridized carbons (Fsp3) is 0.333. The molecule has 1 saturated heterocycles. The van der Waals surface area contributed by atoms with Crippen molar-refractivity contribution in [3.8, 4) is 0 Å². The topological polar surface area (TPSA) is 57.6 Å². The standard InChI is InChI=1S/C15H17NO3/c17-14-7-9-16(10-8-14)11-13-3-1-12(2-4-13)5-6-15(18)19/h1-6H,7-11H2,(H,18,19)/b6-5+. The monoisotopic (exact) mass is 259 g/mol. The summed E-state index contributed by atoms with van der Waals surface area (Å²) in [6.07, 6.45) is 4.01. The molecule has 1 aliphatic rings. The molecular formula is C15H17NO3. The quantitative estimate of drug-likeness (QED) is 0.840. The third-order valence-electron chi connectivity index (χ3n) is 3.22. The number of carboxylic acids is 1. The minimum absolute atomic E-state index is 0.352. The van der Waals surface area contributed by atoms with Gasteiger partial charge in [0.05, 0.1) is 0 Å². The van der Waals surface area contributed by atoms with Crippen molar-refractivity contribution in [2.75, 3.05) is 13.1 Å². The van der Waals surface area contributed by atoms with E-state index in [0.717, 1.165) is 31.3 Å². The molecule has 1 heterocycles. The highest BCUT2D eigenvalue weighted by molar-refractivity contribution is 5.85. The number of nitrogens with zero attached hydrogens (tertiary/aromatic N) is 1. The second-order valence-corrected chi connectivity index (χ2v) is 4.73. The molecule has 0 amide bonds. The highest BCUT2D eigenvalue weighted by Crippen LogP contribution is 2.12. The Balaban J connectivity index is 1.91. The number of benzene rings is 1. The first-order chi connectivity index (χ1) is 9.13. The maximum Gasteiger partial charge on any atom is 0.328 e. The van der Waals surface area contributed by atoms with Gasteiger partial charge in [-0.05, 0) is 17.2 Å². The van der Waals surface area contributed by atoms with Gasteiger partial charge in [-0.1, -0.05) is 24.3 Å². The lowest BCUT2D eigenvalue weighted by Gasteiger charge is -2.25. The molecule has 0 radical (unpaired) electrons. The average molecular weight is 259 g/mol. The fourth-order valence-electron chi connectivity index (χ4n) is 2.12. The van der Waals surface area contributed by atoms with Crippen molar-refractivity contribution in [1.82, 2.24) is 4.90 Å². The zero-order valence-corrected chi connectivity index (χ0v) is 10.7. The zero-order valence-electron chi connectivity index (χ0n) is 10.7. The van der Waals surface area contributed by atoms with Crippen LogP contribution in [0.5, 0.6) is 0 Å². The first kappa shape index (κ1) is 13.5. The number of piperidine rings is 1. The van der Waals surface area contributed by atoms with Crippen LogP contribution in [0.15, 0.2) is 30.3 Å². The number of aliphatic carboxylic acids is 1. The predicted molar refractivity (Wildman–Crippen MR) is 72.6 cm³/mol. The molecule has 0 bridgehead atoms. The lowest BCUT2D eigenvalue weighted by molar-refractivity contribution is -0.131. The molecule has 1 aliphatic heterocycles. The van der Waals surface area contributed by atoms with Crippen molar-refractivity contribution in [1.29, 1.82) is 0 Å². The van der Waals surface area contributed by atoms with Gasteiger partial charge in [0.1, 0.15) is 5.78 Å². The first-order valence-electron chi connectivity index (χ1n) is 6.37. The van der Waals surface area contributed by atoms with Crippen LogP contribution in [0.25, 0.3) is 6.08 Å². The SMILES string of the molecule is O=C(O)/C=C/c1ccc(CN2CCC(=O)CC2)cc1. The van der Waals surface area contributed by atoms with Gasteiger partial charge in [0, 0.05) is 38.6 Å². The van der Waals surface area contributed by atoms with Gasteiger partial charge in [-0.15, -0.1) is 0 Å². The first-order valence-corrected chi connectivity index (χ1v) is 6.37. The molecule has 4 heteroatoms. The lowest BCUT2D eigenvalue weighted by Crippen LogP contribution is -2.33. The van der Waals surface area contributed by atoms with Gasteiger partial charge in [0.2, 0.25) is 0 Å². The Morgan fingerprint density at radius 1 is 1.21 bits per heavy atom. The van der Waals surface area contributed by atoms with Gasteiger partial charge in [0.15, 0.2) is 0 Å². The molecule has 0 atom stereocenters. The van der Waals surface area contributed by atoms with E-state index in [4.69, 9.17) is 5.11 Å². The summed E-state index contributed by atoms with van der Waals surface area (Å²) < 4.78 is 0. The molecule has 1 aromatic rings. The maximum atomic E-state index is 11.2. The van der Waals surface area contributed by atoms with Crippen molar-refractivity contribution in [3.05, 3.63) is 41.5 Å². The molecule has 0 aliphatic carbocycles. The largest absolute Gasteiger partial charge is 0.478 e. The van der Waals surface area contributed by atoms with E-state index in [2.05, 4.69) is 4.90 Å². The third kappa shape index (κ3) is 4.34. The summed E-state index contributed by atoms with van der Waals surface area (Å²) in [5.41, 5.74) is 2.06. The Bertz CT molecular complexity index is 481. The molecule has 4 nitrogen and oxygen atoms in total. The van der Waals surface area contributed by atoms with E-state index < -0.39 is 5.97 Å². The highest BCUT2D eigenvalue weighted by atomic mass is 16.4. The third-order valence-corrected chi connectivity index (χ3v) is 3.22. The summed E-state index contributed by atoms with van der Waals surface area (Å²) >= 11 is 0. The van der Waals surface area contributed by atoms with Gasteiger partial charge >= 0.3 is 5.97 Å². The number of hydrogen-bond donors (Lipinski definition) is 1. The van der Waals surface area contributed by atoms with E-state index >= 15 is 0 Å². The Kier molecular flexibility index (Phi) is 4.47. The number of hydrogen-bond acceptors (Lipinski definition) is 3. The van der Waals surface area contributed by atoms with Gasteiger partial charge < -0.3 is 5.11 Å². The molecule has 19 heavy (non-hydrogen) atoms.